The first-order valence-electron chi connectivity index (χ1n) is 23.0. The molecule has 0 aromatic rings. The number of unbranched alkanes of at least 4 members (excludes halogenated alkanes) is 9. The first-order valence-corrected chi connectivity index (χ1v) is 24.7. The van der Waals surface area contributed by atoms with Gasteiger partial charge in [-0.15, -0.1) is 0 Å². The molecule has 3 fully saturated rings. The third-order valence-electron chi connectivity index (χ3n) is 12.5. The van der Waals surface area contributed by atoms with Crippen LogP contribution in [0.1, 0.15) is 220 Å². The molecule has 0 amide bonds. The topological polar surface area (TPSA) is 108 Å². The van der Waals surface area contributed by atoms with Crippen molar-refractivity contribution in [2.45, 2.75) is 238 Å². The maximum Gasteiger partial charge on any atom is 0.331 e. The van der Waals surface area contributed by atoms with E-state index in [0.29, 0.717) is 38.6 Å². The fraction of sp³-hybridized carbons (Fsp3) is 0.956. The summed E-state index contributed by atoms with van der Waals surface area (Å²) in [4.78, 5) is 26.8. The Morgan fingerprint density at radius 2 is 1.19 bits per heavy atom. The lowest BCUT2D eigenvalue weighted by molar-refractivity contribution is -0.159. The quantitative estimate of drug-likeness (QED) is 0.0739. The number of carbonyl (C=O) groups excluding carboxylic acids is 2. The molecule has 1 N–H and O–H groups in total. The Hall–Kier alpha value is -0.950. The lowest BCUT2D eigenvalue weighted by Gasteiger charge is -2.32. The highest BCUT2D eigenvalue weighted by atomic mass is 31.2. The van der Waals surface area contributed by atoms with Crippen molar-refractivity contribution in [1.82, 2.24) is 0 Å². The molecule has 0 aromatic carbocycles. The van der Waals surface area contributed by atoms with E-state index in [1.807, 2.05) is 20.8 Å². The van der Waals surface area contributed by atoms with Gasteiger partial charge in [0.25, 0.3) is 0 Å². The van der Waals surface area contributed by atoms with E-state index in [0.717, 1.165) is 116 Å². The van der Waals surface area contributed by atoms with Crippen LogP contribution in [0.5, 0.6) is 0 Å². The summed E-state index contributed by atoms with van der Waals surface area (Å²) in [6, 6.07) is 0. The average Bonchev–Trinajstić information content (AvgIpc) is 3.41. The van der Waals surface area contributed by atoms with E-state index >= 15 is 0 Å². The van der Waals surface area contributed by atoms with Crippen LogP contribution in [0.25, 0.3) is 0 Å². The highest BCUT2D eigenvalue weighted by Crippen LogP contribution is 2.59. The summed E-state index contributed by atoms with van der Waals surface area (Å²) in [5.74, 6) is -0.296. The molecule has 2 aliphatic carbocycles. The van der Waals surface area contributed by atoms with Crippen LogP contribution < -0.4 is 0 Å². The molecule has 5 atom stereocenters. The molecule has 0 spiro atoms. The first-order chi connectivity index (χ1) is 25.9. The molecule has 3 rings (SSSR count). The van der Waals surface area contributed by atoms with Crippen molar-refractivity contribution in [3.05, 3.63) is 0 Å². The summed E-state index contributed by atoms with van der Waals surface area (Å²) in [6.07, 6.45) is 31.6. The number of hydrogen-bond donors (Lipinski definition) is 1. The van der Waals surface area contributed by atoms with Gasteiger partial charge in [-0.1, -0.05) is 135 Å². The van der Waals surface area contributed by atoms with Gasteiger partial charge < -0.3 is 23.6 Å². The molecule has 0 bridgehead atoms. The van der Waals surface area contributed by atoms with Crippen LogP contribution in [0.3, 0.4) is 0 Å². The van der Waals surface area contributed by atoms with E-state index in [1.54, 1.807) is 0 Å². The number of carbonyl (C=O) groups is 2. The second-order valence-electron chi connectivity index (χ2n) is 18.3. The minimum absolute atomic E-state index is 0.0994. The normalized spacial score (nSPS) is 27.6. The maximum absolute atomic E-state index is 13.5. The highest BCUT2D eigenvalue weighted by molar-refractivity contribution is 7.54. The Morgan fingerprint density at radius 1 is 0.685 bits per heavy atom. The Kier molecular flexibility index (Phi) is 22.9. The second-order valence-corrected chi connectivity index (χ2v) is 20.4. The SMILES string of the molecule is CCCCOC(=O)C(CC(C)(C)C(=O)OCCCCCCCCCCCP1(=O)OC2CCCCCCC(C)(O)CCC2O1)C1CCCCCCCCCC1. The predicted molar refractivity (Wildman–Crippen MR) is 220 cm³/mol. The smallest absolute Gasteiger partial charge is 0.331 e. The summed E-state index contributed by atoms with van der Waals surface area (Å²) in [7, 11) is -3.06. The van der Waals surface area contributed by atoms with Crippen LogP contribution in [0.4, 0.5) is 0 Å². The number of rotatable bonds is 20. The van der Waals surface area contributed by atoms with E-state index < -0.39 is 18.6 Å². The zero-order valence-electron chi connectivity index (χ0n) is 35.4. The van der Waals surface area contributed by atoms with Gasteiger partial charge in [-0.3, -0.25) is 14.2 Å². The van der Waals surface area contributed by atoms with Gasteiger partial charge in [0, 0.05) is 0 Å². The van der Waals surface area contributed by atoms with Crippen LogP contribution in [-0.2, 0) is 32.7 Å². The van der Waals surface area contributed by atoms with E-state index in [1.165, 1.54) is 57.8 Å². The molecule has 1 heterocycles. The lowest BCUT2D eigenvalue weighted by atomic mass is 9.74. The zero-order chi connectivity index (χ0) is 39.1. The molecule has 0 radical (unpaired) electrons. The fourth-order valence-corrected chi connectivity index (χ4v) is 11.0. The lowest BCUT2D eigenvalue weighted by Crippen LogP contribution is -2.36. The summed E-state index contributed by atoms with van der Waals surface area (Å²) in [5.41, 5.74) is -1.42. The standard InChI is InChI=1S/C45H83O8P/c1-5-6-34-50-42(46)39(38-28-22-16-12-8-9-13-17-23-29-38)37-44(2,3)43(47)51-35-26-20-14-10-7-11-15-21-27-36-54(49)52-40-30-24-18-19-25-32-45(4,48)33-31-41(40)53-54/h38-41,48H,5-37H2,1-4H3. The van der Waals surface area contributed by atoms with E-state index in [4.69, 9.17) is 18.5 Å². The monoisotopic (exact) mass is 783 g/mol. The Balaban J connectivity index is 1.29. The van der Waals surface area contributed by atoms with E-state index in [9.17, 15) is 19.3 Å². The van der Waals surface area contributed by atoms with Crippen molar-refractivity contribution in [3.8, 4) is 0 Å². The number of fused-ring (bicyclic) bond motifs is 1. The third kappa shape index (κ3) is 19.0. The van der Waals surface area contributed by atoms with Crippen molar-refractivity contribution < 1.29 is 37.8 Å². The van der Waals surface area contributed by atoms with Crippen molar-refractivity contribution >= 4 is 19.5 Å². The van der Waals surface area contributed by atoms with E-state index in [-0.39, 0.29) is 36.0 Å². The molecule has 1 saturated heterocycles. The summed E-state index contributed by atoms with van der Waals surface area (Å²) >= 11 is 0. The minimum atomic E-state index is -3.06. The largest absolute Gasteiger partial charge is 0.465 e. The zero-order valence-corrected chi connectivity index (χ0v) is 36.3. The van der Waals surface area contributed by atoms with Gasteiger partial charge in [-0.25, -0.2) is 0 Å². The molecule has 8 nitrogen and oxygen atoms in total. The molecule has 316 valence electrons. The molecule has 5 unspecified atom stereocenters. The number of esters is 2. The van der Waals surface area contributed by atoms with Crippen LogP contribution in [0.15, 0.2) is 0 Å². The van der Waals surface area contributed by atoms with Crippen molar-refractivity contribution in [2.24, 2.45) is 17.3 Å². The van der Waals surface area contributed by atoms with Crippen LogP contribution in [-0.4, -0.2) is 54.2 Å². The van der Waals surface area contributed by atoms with Gasteiger partial charge in [0.05, 0.1) is 48.5 Å². The molecular weight excluding hydrogens is 699 g/mol. The first kappa shape index (κ1) is 47.4. The number of aliphatic hydroxyl groups is 1. The molecule has 3 aliphatic rings. The minimum Gasteiger partial charge on any atom is -0.465 e. The summed E-state index contributed by atoms with van der Waals surface area (Å²) < 4.78 is 37.3. The predicted octanol–water partition coefficient (Wildman–Crippen LogP) is 12.8. The molecule has 1 aliphatic heterocycles. The maximum atomic E-state index is 13.5. The second kappa shape index (κ2) is 26.1. The van der Waals surface area contributed by atoms with Crippen molar-refractivity contribution in [2.75, 3.05) is 19.4 Å². The van der Waals surface area contributed by atoms with Crippen LogP contribution >= 0.6 is 7.60 Å². The molecule has 54 heavy (non-hydrogen) atoms. The number of ether oxygens (including phenoxy) is 2. The Labute approximate surface area is 331 Å². The van der Waals surface area contributed by atoms with Crippen LogP contribution in [0.2, 0.25) is 0 Å². The van der Waals surface area contributed by atoms with Gasteiger partial charge in [0.2, 0.25) is 0 Å². The Bertz CT molecular complexity index is 1060. The van der Waals surface area contributed by atoms with Crippen molar-refractivity contribution in [1.29, 1.82) is 0 Å². The van der Waals surface area contributed by atoms with Gasteiger partial charge in [-0.05, 0) is 90.9 Å². The van der Waals surface area contributed by atoms with Crippen LogP contribution in [0, 0.1) is 17.3 Å². The van der Waals surface area contributed by atoms with Gasteiger partial charge >= 0.3 is 19.5 Å². The average molecular weight is 783 g/mol. The summed E-state index contributed by atoms with van der Waals surface area (Å²) in [5, 5.41) is 10.7. The molecular formula is C45H83O8P. The molecule has 9 heteroatoms. The highest BCUT2D eigenvalue weighted by Gasteiger charge is 2.44. The number of hydrogen-bond acceptors (Lipinski definition) is 8. The third-order valence-corrected chi connectivity index (χ3v) is 14.6. The van der Waals surface area contributed by atoms with Crippen molar-refractivity contribution in [3.63, 3.8) is 0 Å². The van der Waals surface area contributed by atoms with Gasteiger partial charge in [-0.2, -0.15) is 0 Å². The molecule has 2 saturated carbocycles. The summed E-state index contributed by atoms with van der Waals surface area (Å²) in [6.45, 7) is 8.82. The fourth-order valence-electron chi connectivity index (χ4n) is 8.86. The van der Waals surface area contributed by atoms with Gasteiger partial charge in [0.1, 0.15) is 0 Å². The molecule has 0 aromatic heterocycles. The van der Waals surface area contributed by atoms with Gasteiger partial charge in [0.15, 0.2) is 0 Å². The Morgan fingerprint density at radius 3 is 1.80 bits per heavy atom. The van der Waals surface area contributed by atoms with E-state index in [2.05, 4.69) is 6.92 Å².